The Morgan fingerprint density at radius 3 is 2.86 bits per heavy atom. The molecule has 0 radical (unpaired) electrons. The molecule has 3 nitrogen and oxygen atoms in total. The minimum absolute atomic E-state index is 0.167. The van der Waals surface area contributed by atoms with E-state index < -0.39 is 0 Å². The fourth-order valence-electron chi connectivity index (χ4n) is 0.295. The van der Waals surface area contributed by atoms with E-state index in [-0.39, 0.29) is 12.3 Å². The van der Waals surface area contributed by atoms with E-state index in [0.717, 1.165) is 0 Å². The van der Waals surface area contributed by atoms with E-state index in [4.69, 9.17) is 0 Å². The van der Waals surface area contributed by atoms with Crippen molar-refractivity contribution >= 4 is 17.7 Å². The second-order valence-electron chi connectivity index (χ2n) is 1.19. The van der Waals surface area contributed by atoms with Crippen molar-refractivity contribution in [2.75, 3.05) is 12.3 Å². The summed E-state index contributed by atoms with van der Waals surface area (Å²) < 4.78 is 3.55. The predicted molar refractivity (Wildman–Crippen MR) is 27.2 cm³/mol. The average molecular weight is 116 g/mol. The molecule has 0 saturated carbocycles. The maximum Gasteiger partial charge on any atom is 0.167 e. The van der Waals surface area contributed by atoms with E-state index in [1.807, 2.05) is 0 Å². The van der Waals surface area contributed by atoms with Gasteiger partial charge >= 0.3 is 0 Å². The molecule has 1 heterocycles. The third-order valence-corrected chi connectivity index (χ3v) is 1.27. The molecule has 38 valence electrons. The van der Waals surface area contributed by atoms with Crippen LogP contribution in [0.25, 0.3) is 0 Å². The highest BCUT2D eigenvalue weighted by Gasteiger charge is 2.03. The molecule has 4 heteroatoms. The maximum atomic E-state index is 10.3. The van der Waals surface area contributed by atoms with E-state index in [0.29, 0.717) is 5.75 Å². The van der Waals surface area contributed by atoms with Crippen LogP contribution in [0.4, 0.5) is 0 Å². The SMILES string of the molecule is O=C1CN=NSC1. The summed E-state index contributed by atoms with van der Waals surface area (Å²) in [6, 6.07) is 0. The maximum absolute atomic E-state index is 10.3. The second kappa shape index (κ2) is 2.07. The lowest BCUT2D eigenvalue weighted by atomic mass is 10.5. The summed E-state index contributed by atoms with van der Waals surface area (Å²) in [4.78, 5) is 10.3. The van der Waals surface area contributed by atoms with Gasteiger partial charge in [-0.3, -0.25) is 4.79 Å². The van der Waals surface area contributed by atoms with Crippen LogP contribution >= 0.6 is 11.9 Å². The summed E-state index contributed by atoms with van der Waals surface area (Å²) in [7, 11) is 0. The monoisotopic (exact) mass is 116 g/mol. The molecule has 0 spiro atoms. The standard InChI is InChI=1S/C3H4N2OS/c6-3-1-4-5-7-2-3/h1-2H2. The largest absolute Gasteiger partial charge is 0.297 e. The number of hydrogen-bond acceptors (Lipinski definition) is 4. The Labute approximate surface area is 45.3 Å². The molecule has 1 aliphatic rings. The van der Waals surface area contributed by atoms with Gasteiger partial charge in [0.15, 0.2) is 5.78 Å². The fraction of sp³-hybridized carbons (Fsp3) is 0.667. The van der Waals surface area contributed by atoms with Crippen molar-refractivity contribution < 1.29 is 4.79 Å². The van der Waals surface area contributed by atoms with Crippen molar-refractivity contribution in [3.63, 3.8) is 0 Å². The van der Waals surface area contributed by atoms with Gasteiger partial charge in [0, 0.05) is 11.9 Å². The number of Topliss-reactive ketones (excluding diaryl/α,β-unsaturated/α-hetero) is 1. The molecular weight excluding hydrogens is 112 g/mol. The predicted octanol–water partition coefficient (Wildman–Crippen LogP) is 0.669. The lowest BCUT2D eigenvalue weighted by Gasteiger charge is -1.95. The van der Waals surface area contributed by atoms with Crippen molar-refractivity contribution in [3.8, 4) is 0 Å². The molecule has 0 atom stereocenters. The Morgan fingerprint density at radius 1 is 1.71 bits per heavy atom. The number of nitrogens with zero attached hydrogens (tertiary/aromatic N) is 2. The van der Waals surface area contributed by atoms with Crippen LogP contribution < -0.4 is 0 Å². The minimum atomic E-state index is 0.167. The summed E-state index contributed by atoms with van der Waals surface area (Å²) in [5, 5.41) is 3.50. The summed E-state index contributed by atoms with van der Waals surface area (Å²) >= 11 is 1.21. The molecule has 0 aromatic rings. The summed E-state index contributed by atoms with van der Waals surface area (Å²) in [5.74, 6) is 0.670. The first-order valence-corrected chi connectivity index (χ1v) is 2.84. The number of hydrogen-bond donors (Lipinski definition) is 0. The molecule has 0 saturated heterocycles. The average Bonchev–Trinajstić information content (AvgIpc) is 1.69. The van der Waals surface area contributed by atoms with Gasteiger partial charge in [0.1, 0.15) is 6.54 Å². The number of rotatable bonds is 0. The molecule has 0 amide bonds. The van der Waals surface area contributed by atoms with Gasteiger partial charge in [0.05, 0.1) is 5.75 Å². The zero-order chi connectivity index (χ0) is 5.11. The number of carbonyl (C=O) groups is 1. The van der Waals surface area contributed by atoms with Gasteiger partial charge in [-0.25, -0.2) is 0 Å². The fourth-order valence-corrected chi connectivity index (χ4v) is 0.727. The third kappa shape index (κ3) is 1.27. The van der Waals surface area contributed by atoms with Gasteiger partial charge in [-0.15, -0.1) is 4.52 Å². The summed E-state index contributed by atoms with van der Waals surface area (Å²) in [5.41, 5.74) is 0. The molecular formula is C3H4N2OS. The normalized spacial score (nSPS) is 20.3. The molecule has 7 heavy (non-hydrogen) atoms. The molecule has 0 unspecified atom stereocenters. The Morgan fingerprint density at radius 2 is 2.57 bits per heavy atom. The highest BCUT2D eigenvalue weighted by atomic mass is 32.2. The van der Waals surface area contributed by atoms with Crippen LogP contribution in [-0.2, 0) is 4.79 Å². The Kier molecular flexibility index (Phi) is 1.41. The molecule has 0 fully saturated rings. The smallest absolute Gasteiger partial charge is 0.167 e. The first-order valence-electron chi connectivity index (χ1n) is 1.90. The first kappa shape index (κ1) is 4.77. The molecule has 1 rings (SSSR count). The summed E-state index contributed by atoms with van der Waals surface area (Å²) in [6.45, 7) is 0.285. The van der Waals surface area contributed by atoms with E-state index in [9.17, 15) is 4.79 Å². The third-order valence-electron chi connectivity index (χ3n) is 0.588. The molecule has 0 aromatic carbocycles. The van der Waals surface area contributed by atoms with Crippen molar-refractivity contribution in [1.29, 1.82) is 0 Å². The highest BCUT2D eigenvalue weighted by molar-refractivity contribution is 7.98. The van der Waals surface area contributed by atoms with Crippen LogP contribution in [0.3, 0.4) is 0 Å². The Balaban J connectivity index is 2.47. The van der Waals surface area contributed by atoms with Crippen molar-refractivity contribution in [1.82, 2.24) is 0 Å². The van der Waals surface area contributed by atoms with Gasteiger partial charge in [-0.2, -0.15) is 5.11 Å². The number of carbonyl (C=O) groups excluding carboxylic acids is 1. The first-order chi connectivity index (χ1) is 3.39. The van der Waals surface area contributed by atoms with Gasteiger partial charge in [-0.05, 0) is 0 Å². The van der Waals surface area contributed by atoms with Gasteiger partial charge in [0.25, 0.3) is 0 Å². The lowest BCUT2D eigenvalue weighted by molar-refractivity contribution is -0.115. The van der Waals surface area contributed by atoms with Gasteiger partial charge < -0.3 is 0 Å². The van der Waals surface area contributed by atoms with Crippen LogP contribution in [0.5, 0.6) is 0 Å². The van der Waals surface area contributed by atoms with Crippen LogP contribution in [0, 0.1) is 0 Å². The molecule has 0 N–H and O–H groups in total. The molecule has 1 aliphatic heterocycles. The van der Waals surface area contributed by atoms with Crippen LogP contribution in [0.1, 0.15) is 0 Å². The molecule has 0 aromatic heterocycles. The zero-order valence-corrected chi connectivity index (χ0v) is 4.44. The van der Waals surface area contributed by atoms with E-state index in [1.54, 1.807) is 0 Å². The van der Waals surface area contributed by atoms with Gasteiger partial charge in [0.2, 0.25) is 0 Å². The van der Waals surface area contributed by atoms with Crippen molar-refractivity contribution in [2.45, 2.75) is 0 Å². The topological polar surface area (TPSA) is 41.8 Å². The van der Waals surface area contributed by atoms with E-state index in [1.165, 1.54) is 11.9 Å². The van der Waals surface area contributed by atoms with Crippen LogP contribution in [-0.4, -0.2) is 18.1 Å². The van der Waals surface area contributed by atoms with Crippen molar-refractivity contribution in [2.24, 2.45) is 9.63 Å². The molecule has 0 aliphatic carbocycles. The number of ketones is 1. The molecule has 0 bridgehead atoms. The van der Waals surface area contributed by atoms with E-state index >= 15 is 0 Å². The Bertz CT molecular complexity index is 112. The lowest BCUT2D eigenvalue weighted by Crippen LogP contribution is -2.06. The van der Waals surface area contributed by atoms with E-state index in [2.05, 4.69) is 9.63 Å². The summed E-state index contributed by atoms with van der Waals surface area (Å²) in [6.07, 6.45) is 0. The van der Waals surface area contributed by atoms with Crippen LogP contribution in [0.2, 0.25) is 0 Å². The second-order valence-corrected chi connectivity index (χ2v) is 1.90. The van der Waals surface area contributed by atoms with Gasteiger partial charge in [-0.1, -0.05) is 0 Å². The van der Waals surface area contributed by atoms with Crippen LogP contribution in [0.15, 0.2) is 9.63 Å². The zero-order valence-electron chi connectivity index (χ0n) is 3.63. The highest BCUT2D eigenvalue weighted by Crippen LogP contribution is 2.07. The quantitative estimate of drug-likeness (QED) is 0.436. The minimum Gasteiger partial charge on any atom is -0.297 e. The Hall–Kier alpha value is -0.380. The van der Waals surface area contributed by atoms with Crippen molar-refractivity contribution in [3.05, 3.63) is 0 Å².